The lowest BCUT2D eigenvalue weighted by atomic mass is 10.1. The third kappa shape index (κ3) is 7.69. The zero-order valence-corrected chi connectivity index (χ0v) is 12.7. The number of benzene rings is 1. The summed E-state index contributed by atoms with van der Waals surface area (Å²) in [5.74, 6) is 0.0795. The van der Waals surface area contributed by atoms with Crippen LogP contribution in [0.4, 0.5) is 5.69 Å². The third-order valence-electron chi connectivity index (χ3n) is 2.47. The standard InChI is InChI=1S/C13H19BrN2O.ClH/c14-11-6-5-7-12(10-11)16-13(17)8-3-1-2-4-9-15;/h5-7,10H,1-4,8-9,15H2,(H,16,17);1H. The average Bonchev–Trinajstić information content (AvgIpc) is 2.29. The van der Waals surface area contributed by atoms with Gasteiger partial charge in [0.25, 0.3) is 0 Å². The molecule has 3 N–H and O–H groups in total. The van der Waals surface area contributed by atoms with Gasteiger partial charge >= 0.3 is 0 Å². The molecule has 0 unspecified atom stereocenters. The fourth-order valence-corrected chi connectivity index (χ4v) is 1.97. The Kier molecular flexibility index (Phi) is 10.0. The van der Waals surface area contributed by atoms with E-state index in [1.807, 2.05) is 24.3 Å². The van der Waals surface area contributed by atoms with Crippen molar-refractivity contribution in [3.63, 3.8) is 0 Å². The molecular formula is C13H20BrClN2O. The molecule has 0 aliphatic rings. The highest BCUT2D eigenvalue weighted by molar-refractivity contribution is 9.10. The topological polar surface area (TPSA) is 55.1 Å². The van der Waals surface area contributed by atoms with Crippen LogP contribution in [-0.2, 0) is 4.79 Å². The predicted molar refractivity (Wildman–Crippen MR) is 82.2 cm³/mol. The molecule has 1 aromatic carbocycles. The summed E-state index contributed by atoms with van der Waals surface area (Å²) in [5, 5.41) is 2.88. The summed E-state index contributed by atoms with van der Waals surface area (Å²) in [6.45, 7) is 0.740. The van der Waals surface area contributed by atoms with Crippen molar-refractivity contribution in [1.29, 1.82) is 0 Å². The molecule has 1 aromatic rings. The largest absolute Gasteiger partial charge is 0.330 e. The number of hydrogen-bond acceptors (Lipinski definition) is 2. The van der Waals surface area contributed by atoms with Crippen molar-refractivity contribution in [1.82, 2.24) is 0 Å². The maximum absolute atomic E-state index is 11.6. The van der Waals surface area contributed by atoms with Crippen LogP contribution in [0.15, 0.2) is 28.7 Å². The van der Waals surface area contributed by atoms with E-state index in [-0.39, 0.29) is 18.3 Å². The molecule has 5 heteroatoms. The van der Waals surface area contributed by atoms with Crippen LogP contribution in [0.2, 0.25) is 0 Å². The zero-order valence-electron chi connectivity index (χ0n) is 10.3. The fraction of sp³-hybridized carbons (Fsp3) is 0.462. The van der Waals surface area contributed by atoms with Crippen LogP contribution in [0.25, 0.3) is 0 Å². The minimum absolute atomic E-state index is 0. The quantitative estimate of drug-likeness (QED) is 0.746. The van der Waals surface area contributed by atoms with Crippen molar-refractivity contribution in [3.8, 4) is 0 Å². The molecule has 0 bridgehead atoms. The van der Waals surface area contributed by atoms with E-state index in [0.717, 1.165) is 42.4 Å². The monoisotopic (exact) mass is 334 g/mol. The number of halogens is 2. The van der Waals surface area contributed by atoms with E-state index in [0.29, 0.717) is 6.42 Å². The minimum Gasteiger partial charge on any atom is -0.330 e. The predicted octanol–water partition coefficient (Wildman–Crippen LogP) is 3.72. The van der Waals surface area contributed by atoms with Gasteiger partial charge in [-0.2, -0.15) is 0 Å². The van der Waals surface area contributed by atoms with E-state index in [1.165, 1.54) is 0 Å². The molecule has 0 radical (unpaired) electrons. The van der Waals surface area contributed by atoms with Crippen molar-refractivity contribution < 1.29 is 4.79 Å². The summed E-state index contributed by atoms with van der Waals surface area (Å²) in [7, 11) is 0. The molecule has 0 saturated carbocycles. The highest BCUT2D eigenvalue weighted by atomic mass is 79.9. The van der Waals surface area contributed by atoms with Gasteiger partial charge in [-0.15, -0.1) is 12.4 Å². The Morgan fingerprint density at radius 3 is 2.61 bits per heavy atom. The lowest BCUT2D eigenvalue weighted by molar-refractivity contribution is -0.116. The Morgan fingerprint density at radius 1 is 1.22 bits per heavy atom. The summed E-state index contributed by atoms with van der Waals surface area (Å²) in [5.41, 5.74) is 6.24. The van der Waals surface area contributed by atoms with E-state index in [1.54, 1.807) is 0 Å². The van der Waals surface area contributed by atoms with Crippen LogP contribution in [0.3, 0.4) is 0 Å². The van der Waals surface area contributed by atoms with Gasteiger partial charge in [-0.3, -0.25) is 4.79 Å². The summed E-state index contributed by atoms with van der Waals surface area (Å²) in [6.07, 6.45) is 4.74. The molecule has 3 nitrogen and oxygen atoms in total. The number of nitrogens with one attached hydrogen (secondary N) is 1. The van der Waals surface area contributed by atoms with Gasteiger partial charge in [0, 0.05) is 16.6 Å². The van der Waals surface area contributed by atoms with Crippen molar-refractivity contribution in [2.75, 3.05) is 11.9 Å². The number of unbranched alkanes of at least 4 members (excludes halogenated alkanes) is 3. The Balaban J connectivity index is 0.00000289. The minimum atomic E-state index is 0. The molecule has 102 valence electrons. The molecule has 0 atom stereocenters. The maximum Gasteiger partial charge on any atom is 0.224 e. The number of nitrogens with two attached hydrogens (primary N) is 1. The molecule has 0 fully saturated rings. The van der Waals surface area contributed by atoms with Crippen LogP contribution in [0.1, 0.15) is 32.1 Å². The average molecular weight is 336 g/mol. The second-order valence-corrected chi connectivity index (χ2v) is 4.93. The first-order chi connectivity index (χ1) is 8.22. The van der Waals surface area contributed by atoms with Gasteiger partial charge in [0.2, 0.25) is 5.91 Å². The van der Waals surface area contributed by atoms with Crippen LogP contribution in [0.5, 0.6) is 0 Å². The Bertz CT molecular complexity index is 361. The third-order valence-corrected chi connectivity index (χ3v) is 2.96. The highest BCUT2D eigenvalue weighted by Crippen LogP contribution is 2.16. The molecule has 0 aliphatic heterocycles. The highest BCUT2D eigenvalue weighted by Gasteiger charge is 2.02. The second-order valence-electron chi connectivity index (χ2n) is 4.01. The second kappa shape index (κ2) is 10.4. The van der Waals surface area contributed by atoms with Crippen molar-refractivity contribution in [2.24, 2.45) is 5.73 Å². The lowest BCUT2D eigenvalue weighted by Crippen LogP contribution is -2.11. The Labute approximate surface area is 123 Å². The zero-order chi connectivity index (χ0) is 12.5. The van der Waals surface area contributed by atoms with Gasteiger partial charge in [0.1, 0.15) is 0 Å². The summed E-state index contributed by atoms with van der Waals surface area (Å²) in [6, 6.07) is 7.62. The molecule has 0 spiro atoms. The van der Waals surface area contributed by atoms with Gasteiger partial charge in [-0.25, -0.2) is 0 Å². The number of amides is 1. The Hall–Kier alpha value is -0.580. The van der Waals surface area contributed by atoms with Gasteiger partial charge in [-0.1, -0.05) is 34.8 Å². The van der Waals surface area contributed by atoms with Crippen LogP contribution < -0.4 is 11.1 Å². The van der Waals surface area contributed by atoms with Gasteiger partial charge in [0.15, 0.2) is 0 Å². The number of hydrogen-bond donors (Lipinski definition) is 2. The molecule has 0 heterocycles. The van der Waals surface area contributed by atoms with Gasteiger partial charge in [-0.05, 0) is 37.6 Å². The van der Waals surface area contributed by atoms with Crippen molar-refractivity contribution in [2.45, 2.75) is 32.1 Å². The SMILES string of the molecule is Cl.NCCCCCCC(=O)Nc1cccc(Br)c1. The first-order valence-electron chi connectivity index (χ1n) is 5.98. The van der Waals surface area contributed by atoms with E-state index in [4.69, 9.17) is 5.73 Å². The van der Waals surface area contributed by atoms with Crippen molar-refractivity contribution in [3.05, 3.63) is 28.7 Å². The number of rotatable bonds is 7. The summed E-state index contributed by atoms with van der Waals surface area (Å²) < 4.78 is 0.971. The normalized spacial score (nSPS) is 9.67. The molecule has 1 amide bonds. The van der Waals surface area contributed by atoms with E-state index < -0.39 is 0 Å². The number of carbonyl (C=O) groups is 1. The lowest BCUT2D eigenvalue weighted by Gasteiger charge is -2.05. The molecule has 0 aromatic heterocycles. The number of carbonyl (C=O) groups excluding carboxylic acids is 1. The first-order valence-corrected chi connectivity index (χ1v) is 6.77. The van der Waals surface area contributed by atoms with Crippen LogP contribution >= 0.6 is 28.3 Å². The number of anilines is 1. The van der Waals surface area contributed by atoms with Crippen molar-refractivity contribution >= 4 is 39.9 Å². The van der Waals surface area contributed by atoms with E-state index >= 15 is 0 Å². The Morgan fingerprint density at radius 2 is 1.94 bits per heavy atom. The summed E-state index contributed by atoms with van der Waals surface area (Å²) in [4.78, 5) is 11.6. The van der Waals surface area contributed by atoms with E-state index in [9.17, 15) is 4.79 Å². The maximum atomic E-state index is 11.6. The molecule has 1 rings (SSSR count). The molecule has 0 aliphatic carbocycles. The molecule has 18 heavy (non-hydrogen) atoms. The van der Waals surface area contributed by atoms with Crippen LogP contribution in [-0.4, -0.2) is 12.5 Å². The first kappa shape index (κ1) is 17.4. The fourth-order valence-electron chi connectivity index (χ4n) is 1.57. The van der Waals surface area contributed by atoms with Gasteiger partial charge < -0.3 is 11.1 Å². The summed E-state index contributed by atoms with van der Waals surface area (Å²) >= 11 is 3.37. The smallest absolute Gasteiger partial charge is 0.224 e. The van der Waals surface area contributed by atoms with Crippen LogP contribution in [0, 0.1) is 0 Å². The van der Waals surface area contributed by atoms with Gasteiger partial charge in [0.05, 0.1) is 0 Å². The molecule has 0 saturated heterocycles. The van der Waals surface area contributed by atoms with E-state index in [2.05, 4.69) is 21.2 Å². The molecular weight excluding hydrogens is 316 g/mol.